The van der Waals surface area contributed by atoms with Crippen molar-refractivity contribution < 1.29 is 13.2 Å². The summed E-state index contributed by atoms with van der Waals surface area (Å²) >= 11 is 3.27. The van der Waals surface area contributed by atoms with Gasteiger partial charge in [0.15, 0.2) is 0 Å². The zero-order valence-electron chi connectivity index (χ0n) is 23.0. The lowest BCUT2D eigenvalue weighted by Gasteiger charge is -2.34. The lowest BCUT2D eigenvalue weighted by molar-refractivity contribution is 0.102. The van der Waals surface area contributed by atoms with E-state index >= 15 is 0 Å². The molecule has 6 rings (SSSR count). The molecule has 2 aromatic heterocycles. The maximum atomic E-state index is 13.5. The first-order valence-electron chi connectivity index (χ1n) is 13.9. The van der Waals surface area contributed by atoms with Crippen molar-refractivity contribution >= 4 is 53.8 Å². The van der Waals surface area contributed by atoms with Gasteiger partial charge in [-0.1, -0.05) is 32.9 Å². The lowest BCUT2D eigenvalue weighted by atomic mass is 9.94. The van der Waals surface area contributed by atoms with Crippen LogP contribution in [0.15, 0.2) is 53.4 Å². The van der Waals surface area contributed by atoms with Crippen LogP contribution in [0.1, 0.15) is 48.0 Å². The molecule has 10 heteroatoms. The van der Waals surface area contributed by atoms with Crippen molar-refractivity contribution in [3.8, 4) is 10.6 Å². The molecule has 2 aliphatic heterocycles. The van der Waals surface area contributed by atoms with E-state index in [9.17, 15) is 13.2 Å². The van der Waals surface area contributed by atoms with Gasteiger partial charge in [-0.2, -0.15) is 4.31 Å². The van der Waals surface area contributed by atoms with E-state index in [-0.39, 0.29) is 10.8 Å². The number of carbonyl (C=O) groups is 1. The van der Waals surface area contributed by atoms with Gasteiger partial charge in [-0.3, -0.25) is 9.69 Å². The predicted octanol–water partition coefficient (Wildman–Crippen LogP) is 6.32. The van der Waals surface area contributed by atoms with Crippen molar-refractivity contribution in [2.24, 2.45) is 11.8 Å². The Kier molecular flexibility index (Phi) is 7.56. The molecule has 4 heterocycles. The minimum atomic E-state index is -3.60. The summed E-state index contributed by atoms with van der Waals surface area (Å²) in [6.07, 6.45) is 1.95. The Labute approximate surface area is 243 Å². The van der Waals surface area contributed by atoms with Crippen LogP contribution < -0.4 is 5.32 Å². The third-order valence-electron chi connectivity index (χ3n) is 7.91. The Bertz CT molecular complexity index is 1620. The zero-order valence-corrected chi connectivity index (χ0v) is 25.5. The number of amides is 1. The fraction of sp³-hybridized carbons (Fsp3) is 0.400. The SMILES string of the molecule is CCN1CCc2c(sc(NC(=O)c3ccc(S(=O)(=O)N4C[C@@H](C)C[C@H](C)C4)cc3)c2-c2nc3ccccc3s2)C1. The quantitative estimate of drug-likeness (QED) is 0.282. The molecule has 4 aromatic rings. The van der Waals surface area contributed by atoms with E-state index in [0.717, 1.165) is 58.3 Å². The number of para-hydroxylation sites is 1. The highest BCUT2D eigenvalue weighted by molar-refractivity contribution is 7.89. The molecule has 7 nitrogen and oxygen atoms in total. The average molecular weight is 595 g/mol. The molecule has 40 heavy (non-hydrogen) atoms. The normalized spacial score (nSPS) is 20.5. The number of benzene rings is 2. The highest BCUT2D eigenvalue weighted by Crippen LogP contribution is 2.45. The number of thiophene rings is 1. The monoisotopic (exact) mass is 594 g/mol. The van der Waals surface area contributed by atoms with Crippen LogP contribution >= 0.6 is 22.7 Å². The van der Waals surface area contributed by atoms with E-state index < -0.39 is 10.0 Å². The number of aromatic nitrogens is 1. The summed E-state index contributed by atoms with van der Waals surface area (Å²) in [6.45, 7) is 10.3. The zero-order chi connectivity index (χ0) is 28.0. The molecule has 1 N–H and O–H groups in total. The summed E-state index contributed by atoms with van der Waals surface area (Å²) in [5, 5.41) is 4.89. The van der Waals surface area contributed by atoms with Gasteiger partial charge >= 0.3 is 0 Å². The van der Waals surface area contributed by atoms with Crippen LogP contribution in [0.25, 0.3) is 20.8 Å². The van der Waals surface area contributed by atoms with Gasteiger partial charge in [0.05, 0.1) is 15.1 Å². The summed E-state index contributed by atoms with van der Waals surface area (Å²) in [6, 6.07) is 14.5. The van der Waals surface area contributed by atoms with Gasteiger partial charge in [0.1, 0.15) is 10.0 Å². The van der Waals surface area contributed by atoms with E-state index in [1.165, 1.54) is 10.4 Å². The Morgan fingerprint density at radius 3 is 2.48 bits per heavy atom. The molecule has 0 spiro atoms. The molecular formula is C30H34N4O3S3. The maximum absolute atomic E-state index is 13.5. The molecule has 2 aromatic carbocycles. The van der Waals surface area contributed by atoms with E-state index in [1.807, 2.05) is 18.2 Å². The number of anilines is 1. The number of thiazole rings is 1. The maximum Gasteiger partial charge on any atom is 0.256 e. The number of nitrogens with one attached hydrogen (secondary N) is 1. The molecule has 0 saturated carbocycles. The number of sulfonamides is 1. The number of hydrogen-bond acceptors (Lipinski definition) is 7. The second kappa shape index (κ2) is 11.0. The van der Waals surface area contributed by atoms with Crippen LogP contribution in [-0.4, -0.2) is 54.7 Å². The summed E-state index contributed by atoms with van der Waals surface area (Å²) in [5.41, 5.74) is 3.68. The average Bonchev–Trinajstić information content (AvgIpc) is 3.52. The molecule has 210 valence electrons. The number of carbonyl (C=O) groups excluding carboxylic acids is 1. The van der Waals surface area contributed by atoms with Crippen molar-refractivity contribution in [3.05, 3.63) is 64.5 Å². The van der Waals surface area contributed by atoms with Gasteiger partial charge in [-0.05, 0) is 73.2 Å². The molecule has 0 bridgehead atoms. The second-order valence-electron chi connectivity index (χ2n) is 11.1. The molecule has 0 unspecified atom stereocenters. The fourth-order valence-electron chi connectivity index (χ4n) is 5.92. The van der Waals surface area contributed by atoms with Crippen molar-refractivity contribution in [1.29, 1.82) is 0 Å². The van der Waals surface area contributed by atoms with Gasteiger partial charge in [0.25, 0.3) is 5.91 Å². The summed E-state index contributed by atoms with van der Waals surface area (Å²) in [5.74, 6) is 0.404. The fourth-order valence-corrected chi connectivity index (χ4v) is 10.00. The summed E-state index contributed by atoms with van der Waals surface area (Å²) < 4.78 is 29.3. The van der Waals surface area contributed by atoms with Gasteiger partial charge in [-0.25, -0.2) is 13.4 Å². The van der Waals surface area contributed by atoms with Crippen LogP contribution in [0.3, 0.4) is 0 Å². The Hall–Kier alpha value is -2.63. The van der Waals surface area contributed by atoms with Crippen molar-refractivity contribution in [1.82, 2.24) is 14.2 Å². The van der Waals surface area contributed by atoms with E-state index in [4.69, 9.17) is 4.98 Å². The largest absolute Gasteiger partial charge is 0.313 e. The highest BCUT2D eigenvalue weighted by Gasteiger charge is 2.32. The van der Waals surface area contributed by atoms with Crippen LogP contribution in [0.5, 0.6) is 0 Å². The van der Waals surface area contributed by atoms with E-state index in [0.29, 0.717) is 30.5 Å². The van der Waals surface area contributed by atoms with Gasteiger partial charge in [-0.15, -0.1) is 22.7 Å². The lowest BCUT2D eigenvalue weighted by Crippen LogP contribution is -2.42. The topological polar surface area (TPSA) is 82.6 Å². The molecular weight excluding hydrogens is 561 g/mol. The smallest absolute Gasteiger partial charge is 0.256 e. The second-order valence-corrected chi connectivity index (χ2v) is 15.1. The predicted molar refractivity (Wildman–Crippen MR) is 164 cm³/mol. The van der Waals surface area contributed by atoms with Gasteiger partial charge in [0, 0.05) is 42.2 Å². The summed E-state index contributed by atoms with van der Waals surface area (Å²) in [7, 11) is -3.60. The van der Waals surface area contributed by atoms with Crippen LogP contribution in [0, 0.1) is 11.8 Å². The minimum Gasteiger partial charge on any atom is -0.313 e. The molecule has 0 aliphatic carbocycles. The molecule has 1 saturated heterocycles. The van der Waals surface area contributed by atoms with Crippen LogP contribution in [0.4, 0.5) is 5.00 Å². The number of piperidine rings is 1. The summed E-state index contributed by atoms with van der Waals surface area (Å²) in [4.78, 5) is 22.3. The Morgan fingerprint density at radius 2 is 1.77 bits per heavy atom. The molecule has 2 atom stereocenters. The highest BCUT2D eigenvalue weighted by atomic mass is 32.2. The molecule has 1 amide bonds. The van der Waals surface area contributed by atoms with Crippen LogP contribution in [-0.2, 0) is 23.0 Å². The molecule has 0 radical (unpaired) electrons. The number of fused-ring (bicyclic) bond motifs is 2. The Balaban J connectivity index is 1.29. The third kappa shape index (κ3) is 5.23. The first-order valence-corrected chi connectivity index (χ1v) is 16.9. The first kappa shape index (κ1) is 27.5. The molecule has 2 aliphatic rings. The van der Waals surface area contributed by atoms with E-state index in [2.05, 4.69) is 37.1 Å². The number of nitrogens with zero attached hydrogens (tertiary/aromatic N) is 3. The number of hydrogen-bond donors (Lipinski definition) is 1. The third-order valence-corrected chi connectivity index (χ3v) is 11.9. The number of rotatable bonds is 6. The Morgan fingerprint density at radius 1 is 1.05 bits per heavy atom. The van der Waals surface area contributed by atoms with Crippen molar-refractivity contribution in [3.63, 3.8) is 0 Å². The minimum absolute atomic E-state index is 0.228. The van der Waals surface area contributed by atoms with Crippen LogP contribution in [0.2, 0.25) is 0 Å². The van der Waals surface area contributed by atoms with Crippen molar-refractivity contribution in [2.75, 3.05) is 31.5 Å². The van der Waals surface area contributed by atoms with E-state index in [1.54, 1.807) is 51.2 Å². The first-order chi connectivity index (χ1) is 19.2. The standard InChI is InChI=1S/C30H34N4O3S3/c1-4-33-14-13-23-26(18-33)39-30(27(23)29-31-24-7-5-6-8-25(24)38-29)32-28(35)21-9-11-22(12-10-21)40(36,37)34-16-19(2)15-20(3)17-34/h5-12,19-20H,4,13-18H2,1-3H3,(H,32,35)/t19-,20-/m0/s1. The van der Waals surface area contributed by atoms with Gasteiger partial charge < -0.3 is 5.32 Å². The van der Waals surface area contributed by atoms with Gasteiger partial charge in [0.2, 0.25) is 10.0 Å². The number of likely N-dealkylation sites (N-methyl/N-ethyl adjacent to an activating group) is 1. The molecule has 1 fully saturated rings. The van der Waals surface area contributed by atoms with Crippen molar-refractivity contribution in [2.45, 2.75) is 45.1 Å².